The summed E-state index contributed by atoms with van der Waals surface area (Å²) in [5, 5.41) is 9.69. The Bertz CT molecular complexity index is 836. The Balaban J connectivity index is 1.63. The molecular formula is C33H51FO2. The van der Waals surface area contributed by atoms with Gasteiger partial charge in [0.2, 0.25) is 0 Å². The Kier molecular flexibility index (Phi) is 9.56. The van der Waals surface area contributed by atoms with Crippen LogP contribution in [0.1, 0.15) is 134 Å². The van der Waals surface area contributed by atoms with Crippen LogP contribution in [0, 0.1) is 29.6 Å². The van der Waals surface area contributed by atoms with Gasteiger partial charge in [0.05, 0.1) is 5.92 Å². The highest BCUT2D eigenvalue weighted by Gasteiger charge is 2.50. The van der Waals surface area contributed by atoms with E-state index < -0.39 is 18.1 Å². The number of carboxylic acid groups (broad SMARTS) is 1. The zero-order valence-electron chi connectivity index (χ0n) is 23.2. The number of aliphatic carboxylic acids is 1. The third kappa shape index (κ3) is 5.86. The molecule has 3 saturated carbocycles. The zero-order chi connectivity index (χ0) is 25.7. The smallest absolute Gasteiger partial charge is 0.309 e. The predicted molar refractivity (Wildman–Crippen MR) is 147 cm³/mol. The van der Waals surface area contributed by atoms with E-state index in [0.717, 1.165) is 18.3 Å². The zero-order valence-corrected chi connectivity index (χ0v) is 23.2. The van der Waals surface area contributed by atoms with Gasteiger partial charge in [-0.1, -0.05) is 96.4 Å². The van der Waals surface area contributed by atoms with Gasteiger partial charge >= 0.3 is 5.97 Å². The molecule has 0 aromatic heterocycles. The third-order valence-electron chi connectivity index (χ3n) is 10.8. The van der Waals surface area contributed by atoms with Gasteiger partial charge in [-0.3, -0.25) is 4.79 Å². The maximum Gasteiger partial charge on any atom is 0.309 e. The second-order valence-electron chi connectivity index (χ2n) is 12.8. The van der Waals surface area contributed by atoms with E-state index in [4.69, 9.17) is 0 Å². The van der Waals surface area contributed by atoms with Crippen molar-refractivity contribution in [1.82, 2.24) is 0 Å². The average molecular weight is 499 g/mol. The van der Waals surface area contributed by atoms with Crippen molar-refractivity contribution in [3.05, 3.63) is 35.4 Å². The van der Waals surface area contributed by atoms with Gasteiger partial charge < -0.3 is 5.11 Å². The molecule has 1 aromatic carbocycles. The number of rotatable bonds is 9. The van der Waals surface area contributed by atoms with E-state index >= 15 is 4.39 Å². The first-order valence-corrected chi connectivity index (χ1v) is 15.4. The van der Waals surface area contributed by atoms with Crippen LogP contribution in [0.15, 0.2) is 24.3 Å². The molecule has 0 heterocycles. The number of carboxylic acids is 1. The standard InChI is InChI=1S/C33H51FO2/c1-4-8-24-12-16-26(17-13-24)23(3)28-10-6-7-11-30(28)33(21-20-29(32(35)36)31(34)22-33)27-18-14-25(9-5-2)15-19-27/h6-7,10-11,23-27,29,31H,4-5,8-9,12-22H2,1-3H3,(H,35,36). The van der Waals surface area contributed by atoms with Crippen LogP contribution in [-0.4, -0.2) is 17.2 Å². The van der Waals surface area contributed by atoms with Crippen molar-refractivity contribution in [2.45, 2.75) is 135 Å². The number of hydrogen-bond donors (Lipinski definition) is 1. The summed E-state index contributed by atoms with van der Waals surface area (Å²) in [6, 6.07) is 8.98. The summed E-state index contributed by atoms with van der Waals surface area (Å²) in [6.45, 7) is 7.00. The van der Waals surface area contributed by atoms with Crippen molar-refractivity contribution in [2.24, 2.45) is 29.6 Å². The summed E-state index contributed by atoms with van der Waals surface area (Å²) >= 11 is 0. The van der Waals surface area contributed by atoms with E-state index in [1.807, 2.05) is 0 Å². The van der Waals surface area contributed by atoms with E-state index in [9.17, 15) is 9.90 Å². The van der Waals surface area contributed by atoms with E-state index in [2.05, 4.69) is 45.0 Å². The first-order chi connectivity index (χ1) is 17.4. The molecule has 4 unspecified atom stereocenters. The lowest BCUT2D eigenvalue weighted by Gasteiger charge is -2.50. The van der Waals surface area contributed by atoms with Crippen LogP contribution in [0.2, 0.25) is 0 Å². The van der Waals surface area contributed by atoms with Gasteiger partial charge in [-0.2, -0.15) is 0 Å². The average Bonchev–Trinajstić information content (AvgIpc) is 2.89. The summed E-state index contributed by atoms with van der Waals surface area (Å²) in [7, 11) is 0. The van der Waals surface area contributed by atoms with Crippen LogP contribution in [0.4, 0.5) is 4.39 Å². The Morgan fingerprint density at radius 2 is 1.53 bits per heavy atom. The molecule has 4 rings (SSSR count). The van der Waals surface area contributed by atoms with Crippen LogP contribution < -0.4 is 0 Å². The van der Waals surface area contributed by atoms with Crippen molar-refractivity contribution in [3.63, 3.8) is 0 Å². The second-order valence-corrected chi connectivity index (χ2v) is 12.8. The van der Waals surface area contributed by atoms with Crippen molar-refractivity contribution in [2.75, 3.05) is 0 Å². The SMILES string of the molecule is CCCC1CCC(C(C)c2ccccc2C2(C3CCC(CCC)CC3)CCC(C(=O)O)C(F)C2)CC1. The molecular weight excluding hydrogens is 447 g/mol. The fraction of sp³-hybridized carbons (Fsp3) is 0.788. The predicted octanol–water partition coefficient (Wildman–Crippen LogP) is 9.46. The van der Waals surface area contributed by atoms with Gasteiger partial charge in [0.25, 0.3) is 0 Å². The number of carbonyl (C=O) groups is 1. The molecule has 1 aromatic rings. The fourth-order valence-electron chi connectivity index (χ4n) is 8.70. The van der Waals surface area contributed by atoms with Gasteiger partial charge in [0.15, 0.2) is 0 Å². The van der Waals surface area contributed by atoms with E-state index in [-0.39, 0.29) is 5.41 Å². The highest BCUT2D eigenvalue weighted by atomic mass is 19.1. The topological polar surface area (TPSA) is 37.3 Å². The van der Waals surface area contributed by atoms with Crippen molar-refractivity contribution < 1.29 is 14.3 Å². The van der Waals surface area contributed by atoms with Gasteiger partial charge in [-0.25, -0.2) is 4.39 Å². The number of benzene rings is 1. The minimum absolute atomic E-state index is 0.215. The molecule has 2 nitrogen and oxygen atoms in total. The molecule has 0 spiro atoms. The van der Waals surface area contributed by atoms with E-state index in [0.29, 0.717) is 30.6 Å². The lowest BCUT2D eigenvalue weighted by atomic mass is 9.54. The molecule has 3 aliphatic carbocycles. The maximum atomic E-state index is 15.7. The van der Waals surface area contributed by atoms with Crippen LogP contribution in [0.5, 0.6) is 0 Å². The van der Waals surface area contributed by atoms with Gasteiger partial charge in [-0.15, -0.1) is 0 Å². The molecule has 0 bridgehead atoms. The molecule has 4 atom stereocenters. The van der Waals surface area contributed by atoms with E-state index in [1.54, 1.807) is 0 Å². The van der Waals surface area contributed by atoms with Gasteiger partial charge in [0, 0.05) is 5.41 Å². The molecule has 3 heteroatoms. The lowest BCUT2D eigenvalue weighted by molar-refractivity contribution is -0.146. The molecule has 202 valence electrons. The van der Waals surface area contributed by atoms with Crippen LogP contribution in [0.3, 0.4) is 0 Å². The summed E-state index contributed by atoms with van der Waals surface area (Å²) in [5.41, 5.74) is 2.60. The van der Waals surface area contributed by atoms with Crippen LogP contribution in [-0.2, 0) is 10.2 Å². The minimum Gasteiger partial charge on any atom is -0.481 e. The normalized spacial score (nSPS) is 36.3. The van der Waals surface area contributed by atoms with Crippen LogP contribution >= 0.6 is 0 Å². The number of halogens is 1. The minimum atomic E-state index is -1.25. The fourth-order valence-corrected chi connectivity index (χ4v) is 8.70. The third-order valence-corrected chi connectivity index (χ3v) is 10.8. The quantitative estimate of drug-likeness (QED) is 0.368. The summed E-state index contributed by atoms with van der Waals surface area (Å²) < 4.78 is 15.7. The molecule has 1 N–H and O–H groups in total. The molecule has 0 amide bonds. The maximum absolute atomic E-state index is 15.7. The molecule has 3 fully saturated rings. The Labute approximate surface area is 219 Å². The molecule has 0 saturated heterocycles. The second kappa shape index (κ2) is 12.4. The van der Waals surface area contributed by atoms with Crippen molar-refractivity contribution in [1.29, 1.82) is 0 Å². The molecule has 0 aliphatic heterocycles. The largest absolute Gasteiger partial charge is 0.481 e. The highest BCUT2D eigenvalue weighted by Crippen LogP contribution is 2.55. The summed E-state index contributed by atoms with van der Waals surface area (Å²) in [5.74, 6) is 1.57. The van der Waals surface area contributed by atoms with Gasteiger partial charge in [-0.05, 0) is 85.7 Å². The summed E-state index contributed by atoms with van der Waals surface area (Å²) in [6.07, 6.45) is 15.8. The molecule has 3 aliphatic rings. The molecule has 36 heavy (non-hydrogen) atoms. The Morgan fingerprint density at radius 3 is 2.08 bits per heavy atom. The Morgan fingerprint density at radius 1 is 0.944 bits per heavy atom. The summed E-state index contributed by atoms with van der Waals surface area (Å²) in [4.78, 5) is 11.8. The lowest BCUT2D eigenvalue weighted by Crippen LogP contribution is -2.47. The van der Waals surface area contributed by atoms with E-state index in [1.165, 1.54) is 88.2 Å². The Hall–Kier alpha value is -1.38. The monoisotopic (exact) mass is 498 g/mol. The van der Waals surface area contributed by atoms with Crippen molar-refractivity contribution >= 4 is 5.97 Å². The van der Waals surface area contributed by atoms with Gasteiger partial charge in [0.1, 0.15) is 6.17 Å². The molecule has 0 radical (unpaired) electrons. The first-order valence-electron chi connectivity index (χ1n) is 15.4. The van der Waals surface area contributed by atoms with Crippen LogP contribution in [0.25, 0.3) is 0 Å². The number of alkyl halides is 1. The highest BCUT2D eigenvalue weighted by molar-refractivity contribution is 5.71. The first kappa shape index (κ1) is 27.6. The number of hydrogen-bond acceptors (Lipinski definition) is 1. The van der Waals surface area contributed by atoms with Crippen molar-refractivity contribution in [3.8, 4) is 0 Å².